The maximum absolute atomic E-state index is 11.5. The highest BCUT2D eigenvalue weighted by molar-refractivity contribution is 5.87. The summed E-state index contributed by atoms with van der Waals surface area (Å²) in [6, 6.07) is 10.3. The van der Waals surface area contributed by atoms with Gasteiger partial charge in [-0.1, -0.05) is 36.4 Å². The fourth-order valence-electron chi connectivity index (χ4n) is 1.50. The van der Waals surface area contributed by atoms with Crippen LogP contribution in [0, 0.1) is 0 Å². The van der Waals surface area contributed by atoms with Crippen molar-refractivity contribution < 1.29 is 4.79 Å². The smallest absolute Gasteiger partial charge is 0.244 e. The zero-order chi connectivity index (χ0) is 12.7. The normalized spacial score (nSPS) is 11.7. The second-order valence-corrected chi connectivity index (χ2v) is 5.17. The third kappa shape index (κ3) is 6.56. The standard InChI is InChI=1S/C15H21NO/c1-15(2,3)16-14(17)12-8-7-11-13-9-5-4-6-10-13/h4-6,8-10,12H,7,11H2,1-3H3,(H,16,17)/b12-8+. The first-order valence-corrected chi connectivity index (χ1v) is 6.00. The third-order valence-corrected chi connectivity index (χ3v) is 2.21. The van der Waals surface area contributed by atoms with E-state index in [1.165, 1.54) is 5.56 Å². The van der Waals surface area contributed by atoms with Gasteiger partial charge in [-0.2, -0.15) is 0 Å². The first-order valence-electron chi connectivity index (χ1n) is 6.00. The summed E-state index contributed by atoms with van der Waals surface area (Å²) in [6.45, 7) is 5.92. The van der Waals surface area contributed by atoms with Gasteiger partial charge in [0.05, 0.1) is 0 Å². The maximum atomic E-state index is 11.5. The molecule has 1 rings (SSSR count). The molecule has 1 aromatic rings. The molecule has 0 atom stereocenters. The van der Waals surface area contributed by atoms with E-state index in [4.69, 9.17) is 0 Å². The molecule has 0 saturated heterocycles. The van der Waals surface area contributed by atoms with Crippen molar-refractivity contribution in [2.75, 3.05) is 0 Å². The van der Waals surface area contributed by atoms with Crippen LogP contribution in [-0.2, 0) is 11.2 Å². The largest absolute Gasteiger partial charge is 0.348 e. The quantitative estimate of drug-likeness (QED) is 0.793. The lowest BCUT2D eigenvalue weighted by Crippen LogP contribution is -2.39. The minimum Gasteiger partial charge on any atom is -0.348 e. The van der Waals surface area contributed by atoms with Crippen LogP contribution in [0.3, 0.4) is 0 Å². The Labute approximate surface area is 104 Å². The Hall–Kier alpha value is -1.57. The summed E-state index contributed by atoms with van der Waals surface area (Å²) in [6.07, 6.45) is 5.41. The van der Waals surface area contributed by atoms with E-state index in [1.54, 1.807) is 6.08 Å². The van der Waals surface area contributed by atoms with Gasteiger partial charge >= 0.3 is 0 Å². The Morgan fingerprint density at radius 2 is 1.88 bits per heavy atom. The number of hydrogen-bond acceptors (Lipinski definition) is 1. The summed E-state index contributed by atoms with van der Waals surface area (Å²) in [7, 11) is 0. The molecule has 0 radical (unpaired) electrons. The van der Waals surface area contributed by atoms with Crippen LogP contribution in [0.5, 0.6) is 0 Å². The Balaban J connectivity index is 2.29. The molecule has 0 aromatic heterocycles. The molecule has 0 spiro atoms. The predicted molar refractivity (Wildman–Crippen MR) is 71.8 cm³/mol. The maximum Gasteiger partial charge on any atom is 0.244 e. The van der Waals surface area contributed by atoms with Crippen LogP contribution in [0.15, 0.2) is 42.5 Å². The molecule has 0 aliphatic heterocycles. The fourth-order valence-corrected chi connectivity index (χ4v) is 1.50. The lowest BCUT2D eigenvalue weighted by molar-refractivity contribution is -0.117. The van der Waals surface area contributed by atoms with E-state index in [2.05, 4.69) is 17.4 Å². The van der Waals surface area contributed by atoms with Gasteiger partial charge in [0, 0.05) is 5.54 Å². The molecule has 92 valence electrons. The highest BCUT2D eigenvalue weighted by Gasteiger charge is 2.10. The van der Waals surface area contributed by atoms with Crippen LogP contribution in [0.1, 0.15) is 32.8 Å². The van der Waals surface area contributed by atoms with E-state index >= 15 is 0 Å². The summed E-state index contributed by atoms with van der Waals surface area (Å²) < 4.78 is 0. The molecule has 0 heterocycles. The number of allylic oxidation sites excluding steroid dienone is 1. The van der Waals surface area contributed by atoms with Crippen molar-refractivity contribution in [3.05, 3.63) is 48.0 Å². The molecule has 1 N–H and O–H groups in total. The van der Waals surface area contributed by atoms with Crippen molar-refractivity contribution >= 4 is 5.91 Å². The zero-order valence-corrected chi connectivity index (χ0v) is 10.9. The number of benzene rings is 1. The summed E-state index contributed by atoms with van der Waals surface area (Å²) in [5, 5.41) is 2.89. The van der Waals surface area contributed by atoms with Crippen LogP contribution < -0.4 is 5.32 Å². The number of carbonyl (C=O) groups is 1. The van der Waals surface area contributed by atoms with Crippen LogP contribution in [0.2, 0.25) is 0 Å². The van der Waals surface area contributed by atoms with E-state index in [1.807, 2.05) is 45.0 Å². The van der Waals surface area contributed by atoms with Gasteiger partial charge in [-0.15, -0.1) is 0 Å². The zero-order valence-electron chi connectivity index (χ0n) is 10.9. The molecule has 0 bridgehead atoms. The van der Waals surface area contributed by atoms with Crippen molar-refractivity contribution in [2.24, 2.45) is 0 Å². The van der Waals surface area contributed by atoms with Gasteiger partial charge in [-0.3, -0.25) is 4.79 Å². The molecule has 0 unspecified atom stereocenters. The average molecular weight is 231 g/mol. The van der Waals surface area contributed by atoms with Crippen LogP contribution in [-0.4, -0.2) is 11.4 Å². The molecular weight excluding hydrogens is 210 g/mol. The SMILES string of the molecule is CC(C)(C)NC(=O)/C=C/CCc1ccccc1. The molecule has 0 saturated carbocycles. The van der Waals surface area contributed by atoms with Gasteiger partial charge in [0.1, 0.15) is 0 Å². The monoisotopic (exact) mass is 231 g/mol. The van der Waals surface area contributed by atoms with Crippen LogP contribution in [0.25, 0.3) is 0 Å². The molecule has 0 aliphatic rings. The van der Waals surface area contributed by atoms with Crippen molar-refractivity contribution in [2.45, 2.75) is 39.2 Å². The fraction of sp³-hybridized carbons (Fsp3) is 0.400. The molecule has 0 fully saturated rings. The number of aryl methyl sites for hydroxylation is 1. The van der Waals surface area contributed by atoms with Crippen molar-refractivity contribution in [1.82, 2.24) is 5.32 Å². The lowest BCUT2D eigenvalue weighted by Gasteiger charge is -2.18. The predicted octanol–water partition coefficient (Wildman–Crippen LogP) is 3.09. The van der Waals surface area contributed by atoms with Gasteiger partial charge in [-0.05, 0) is 45.3 Å². The number of carbonyl (C=O) groups excluding carboxylic acids is 1. The first-order chi connectivity index (χ1) is 7.97. The second kappa shape index (κ2) is 6.24. The molecule has 0 aliphatic carbocycles. The van der Waals surface area contributed by atoms with Crippen molar-refractivity contribution in [3.63, 3.8) is 0 Å². The number of nitrogens with one attached hydrogen (secondary N) is 1. The number of hydrogen-bond donors (Lipinski definition) is 1. The third-order valence-electron chi connectivity index (χ3n) is 2.21. The second-order valence-electron chi connectivity index (χ2n) is 5.17. The Bertz CT molecular complexity index is 374. The Morgan fingerprint density at radius 1 is 1.24 bits per heavy atom. The van der Waals surface area contributed by atoms with E-state index in [-0.39, 0.29) is 11.4 Å². The van der Waals surface area contributed by atoms with E-state index in [0.29, 0.717) is 0 Å². The highest BCUT2D eigenvalue weighted by Crippen LogP contribution is 2.03. The van der Waals surface area contributed by atoms with Crippen LogP contribution in [0.4, 0.5) is 0 Å². The minimum absolute atomic E-state index is 0.0226. The first kappa shape index (κ1) is 13.5. The lowest BCUT2D eigenvalue weighted by atomic mass is 10.1. The van der Waals surface area contributed by atoms with E-state index in [9.17, 15) is 4.79 Å². The van der Waals surface area contributed by atoms with Gasteiger partial charge in [0.2, 0.25) is 5.91 Å². The summed E-state index contributed by atoms with van der Waals surface area (Å²) in [5.41, 5.74) is 1.13. The molecule has 2 nitrogen and oxygen atoms in total. The van der Waals surface area contributed by atoms with E-state index < -0.39 is 0 Å². The van der Waals surface area contributed by atoms with E-state index in [0.717, 1.165) is 12.8 Å². The minimum atomic E-state index is -0.166. The topological polar surface area (TPSA) is 29.1 Å². The van der Waals surface area contributed by atoms with Crippen molar-refractivity contribution in [1.29, 1.82) is 0 Å². The van der Waals surface area contributed by atoms with Crippen LogP contribution >= 0.6 is 0 Å². The van der Waals surface area contributed by atoms with Gasteiger partial charge in [-0.25, -0.2) is 0 Å². The summed E-state index contributed by atoms with van der Waals surface area (Å²) in [5.74, 6) is -0.0226. The van der Waals surface area contributed by atoms with Gasteiger partial charge in [0.15, 0.2) is 0 Å². The Morgan fingerprint density at radius 3 is 2.47 bits per heavy atom. The Kier molecular flexibility index (Phi) is 4.95. The highest BCUT2D eigenvalue weighted by atomic mass is 16.1. The molecular formula is C15H21NO. The molecule has 2 heteroatoms. The summed E-state index contributed by atoms with van der Waals surface area (Å²) >= 11 is 0. The van der Waals surface area contributed by atoms with Crippen molar-refractivity contribution in [3.8, 4) is 0 Å². The number of rotatable bonds is 4. The molecule has 1 aromatic carbocycles. The summed E-state index contributed by atoms with van der Waals surface area (Å²) in [4.78, 5) is 11.5. The average Bonchev–Trinajstić information content (AvgIpc) is 2.23. The molecule has 1 amide bonds. The molecule has 17 heavy (non-hydrogen) atoms. The van der Waals surface area contributed by atoms with Gasteiger partial charge < -0.3 is 5.32 Å². The number of amides is 1. The van der Waals surface area contributed by atoms with Gasteiger partial charge in [0.25, 0.3) is 0 Å².